The lowest BCUT2D eigenvalue weighted by atomic mass is 10.1. The average molecular weight is 230 g/mol. The molecule has 4 heteroatoms. The third-order valence-electron chi connectivity index (χ3n) is 2.28. The van der Waals surface area contributed by atoms with Crippen molar-refractivity contribution in [2.24, 2.45) is 0 Å². The van der Waals surface area contributed by atoms with Crippen molar-refractivity contribution in [1.29, 1.82) is 5.26 Å². The van der Waals surface area contributed by atoms with E-state index in [0.29, 0.717) is 18.7 Å². The Morgan fingerprint density at radius 2 is 2.24 bits per heavy atom. The highest BCUT2D eigenvalue weighted by atomic mass is 16.4. The van der Waals surface area contributed by atoms with Gasteiger partial charge in [0.15, 0.2) is 0 Å². The fraction of sp³-hybridized carbons (Fsp3) is 0.231. The van der Waals surface area contributed by atoms with Crippen molar-refractivity contribution in [3.8, 4) is 6.07 Å². The van der Waals surface area contributed by atoms with Crippen LogP contribution in [0.5, 0.6) is 0 Å². The fourth-order valence-corrected chi connectivity index (χ4v) is 1.57. The first-order chi connectivity index (χ1) is 8.17. The Balaban J connectivity index is 2.81. The van der Waals surface area contributed by atoms with Gasteiger partial charge in [-0.05, 0) is 11.6 Å². The van der Waals surface area contributed by atoms with Crippen LogP contribution in [0.15, 0.2) is 36.9 Å². The second-order valence-corrected chi connectivity index (χ2v) is 3.62. The van der Waals surface area contributed by atoms with Crippen LogP contribution < -0.4 is 0 Å². The molecule has 1 aromatic rings. The quantitative estimate of drug-likeness (QED) is 0.754. The summed E-state index contributed by atoms with van der Waals surface area (Å²) in [5.41, 5.74) is 1.41. The van der Waals surface area contributed by atoms with Crippen LogP contribution >= 0.6 is 0 Å². The fourth-order valence-electron chi connectivity index (χ4n) is 1.57. The van der Waals surface area contributed by atoms with Crippen LogP contribution in [0.1, 0.15) is 11.1 Å². The molecular weight excluding hydrogens is 216 g/mol. The summed E-state index contributed by atoms with van der Waals surface area (Å²) in [5.74, 6) is -0.888. The summed E-state index contributed by atoms with van der Waals surface area (Å²) >= 11 is 0. The van der Waals surface area contributed by atoms with Crippen molar-refractivity contribution < 1.29 is 9.90 Å². The lowest BCUT2D eigenvalue weighted by molar-refractivity contribution is -0.138. The Morgan fingerprint density at radius 1 is 1.53 bits per heavy atom. The van der Waals surface area contributed by atoms with Gasteiger partial charge in [0, 0.05) is 13.1 Å². The SMILES string of the molecule is C=CCN(CC(=O)O)Cc1ccccc1C#N. The number of carbonyl (C=O) groups is 1. The third kappa shape index (κ3) is 4.09. The molecule has 0 saturated carbocycles. The molecule has 0 unspecified atom stereocenters. The highest BCUT2D eigenvalue weighted by Crippen LogP contribution is 2.10. The predicted molar refractivity (Wildman–Crippen MR) is 64.3 cm³/mol. The van der Waals surface area contributed by atoms with Crippen LogP contribution in [-0.2, 0) is 11.3 Å². The van der Waals surface area contributed by atoms with Gasteiger partial charge in [0.25, 0.3) is 0 Å². The number of nitrogens with zero attached hydrogens (tertiary/aromatic N) is 2. The van der Waals surface area contributed by atoms with Crippen LogP contribution in [-0.4, -0.2) is 29.1 Å². The van der Waals surface area contributed by atoms with E-state index in [-0.39, 0.29) is 6.54 Å². The van der Waals surface area contributed by atoms with Gasteiger partial charge < -0.3 is 5.11 Å². The zero-order valence-corrected chi connectivity index (χ0v) is 9.47. The first kappa shape index (κ1) is 12.9. The van der Waals surface area contributed by atoms with E-state index in [0.717, 1.165) is 5.56 Å². The summed E-state index contributed by atoms with van der Waals surface area (Å²) in [6, 6.07) is 9.28. The van der Waals surface area contributed by atoms with Gasteiger partial charge in [0.05, 0.1) is 18.2 Å². The van der Waals surface area contributed by atoms with Crippen molar-refractivity contribution in [2.75, 3.05) is 13.1 Å². The van der Waals surface area contributed by atoms with Gasteiger partial charge in [-0.1, -0.05) is 24.3 Å². The van der Waals surface area contributed by atoms with Crippen molar-refractivity contribution >= 4 is 5.97 Å². The Morgan fingerprint density at radius 3 is 2.82 bits per heavy atom. The Labute approximate surface area is 100 Å². The molecule has 0 heterocycles. The maximum Gasteiger partial charge on any atom is 0.317 e. The van der Waals surface area contributed by atoms with E-state index in [4.69, 9.17) is 10.4 Å². The van der Waals surface area contributed by atoms with E-state index in [1.165, 1.54) is 0 Å². The number of carboxylic acid groups (broad SMARTS) is 1. The summed E-state index contributed by atoms with van der Waals surface area (Å²) in [6.45, 7) is 4.44. The number of hydrogen-bond donors (Lipinski definition) is 1. The summed E-state index contributed by atoms with van der Waals surface area (Å²) < 4.78 is 0. The number of nitriles is 1. The van der Waals surface area contributed by atoms with Crippen molar-refractivity contribution in [3.63, 3.8) is 0 Å². The molecule has 0 bridgehead atoms. The van der Waals surface area contributed by atoms with Gasteiger partial charge in [-0.2, -0.15) is 5.26 Å². The van der Waals surface area contributed by atoms with E-state index in [1.54, 1.807) is 23.1 Å². The summed E-state index contributed by atoms with van der Waals surface area (Å²) in [6.07, 6.45) is 1.65. The van der Waals surface area contributed by atoms with Crippen LogP contribution in [0.25, 0.3) is 0 Å². The molecule has 0 atom stereocenters. The minimum atomic E-state index is -0.888. The smallest absolute Gasteiger partial charge is 0.317 e. The molecule has 4 nitrogen and oxygen atoms in total. The highest BCUT2D eigenvalue weighted by molar-refractivity contribution is 5.69. The normalized spacial score (nSPS) is 9.88. The molecule has 1 aromatic carbocycles. The van der Waals surface area contributed by atoms with E-state index in [2.05, 4.69) is 12.6 Å². The third-order valence-corrected chi connectivity index (χ3v) is 2.28. The molecule has 1 rings (SSSR count). The molecule has 0 aliphatic heterocycles. The minimum Gasteiger partial charge on any atom is -0.480 e. The summed E-state index contributed by atoms with van der Waals surface area (Å²) in [4.78, 5) is 12.4. The summed E-state index contributed by atoms with van der Waals surface area (Å²) in [5, 5.41) is 17.7. The van der Waals surface area contributed by atoms with Gasteiger partial charge in [-0.3, -0.25) is 9.69 Å². The Kier molecular flexibility index (Phi) is 4.92. The maximum absolute atomic E-state index is 10.7. The average Bonchev–Trinajstić information content (AvgIpc) is 2.29. The Bertz CT molecular complexity index is 449. The second kappa shape index (κ2) is 6.46. The molecule has 1 N–H and O–H groups in total. The van der Waals surface area contributed by atoms with Gasteiger partial charge in [-0.15, -0.1) is 6.58 Å². The monoisotopic (exact) mass is 230 g/mol. The standard InChI is InChI=1S/C13H14N2O2/c1-2-7-15(10-13(16)17)9-12-6-4-3-5-11(12)8-14/h2-6H,1,7,9-10H2,(H,16,17). The molecule has 0 spiro atoms. The molecule has 0 radical (unpaired) electrons. The van der Waals surface area contributed by atoms with E-state index in [9.17, 15) is 4.79 Å². The van der Waals surface area contributed by atoms with Crippen LogP contribution in [0.3, 0.4) is 0 Å². The Hall–Kier alpha value is -2.12. The topological polar surface area (TPSA) is 64.3 Å². The van der Waals surface area contributed by atoms with E-state index >= 15 is 0 Å². The molecule has 0 aliphatic carbocycles. The number of aliphatic carboxylic acids is 1. The van der Waals surface area contributed by atoms with Crippen LogP contribution in [0.4, 0.5) is 0 Å². The predicted octanol–water partition coefficient (Wildman–Crippen LogP) is 1.63. The van der Waals surface area contributed by atoms with Crippen molar-refractivity contribution in [3.05, 3.63) is 48.0 Å². The van der Waals surface area contributed by atoms with Crippen molar-refractivity contribution in [2.45, 2.75) is 6.54 Å². The summed E-state index contributed by atoms with van der Waals surface area (Å²) in [7, 11) is 0. The lowest BCUT2D eigenvalue weighted by Gasteiger charge is -2.18. The van der Waals surface area contributed by atoms with E-state index < -0.39 is 5.97 Å². The zero-order chi connectivity index (χ0) is 12.7. The molecular formula is C13H14N2O2. The number of carboxylic acids is 1. The second-order valence-electron chi connectivity index (χ2n) is 3.62. The molecule has 0 aliphatic rings. The molecule has 17 heavy (non-hydrogen) atoms. The van der Waals surface area contributed by atoms with E-state index in [1.807, 2.05) is 12.1 Å². The molecule has 88 valence electrons. The largest absolute Gasteiger partial charge is 0.480 e. The van der Waals surface area contributed by atoms with Crippen LogP contribution in [0.2, 0.25) is 0 Å². The lowest BCUT2D eigenvalue weighted by Crippen LogP contribution is -2.29. The zero-order valence-electron chi connectivity index (χ0n) is 9.47. The molecule has 0 fully saturated rings. The number of benzene rings is 1. The molecule has 0 aromatic heterocycles. The first-order valence-electron chi connectivity index (χ1n) is 5.20. The maximum atomic E-state index is 10.7. The van der Waals surface area contributed by atoms with Gasteiger partial charge in [0.1, 0.15) is 0 Å². The van der Waals surface area contributed by atoms with Crippen LogP contribution in [0, 0.1) is 11.3 Å². The van der Waals surface area contributed by atoms with Gasteiger partial charge >= 0.3 is 5.97 Å². The molecule has 0 amide bonds. The number of rotatable bonds is 6. The highest BCUT2D eigenvalue weighted by Gasteiger charge is 2.10. The number of hydrogen-bond acceptors (Lipinski definition) is 3. The molecule has 0 saturated heterocycles. The minimum absolute atomic E-state index is 0.0637. The van der Waals surface area contributed by atoms with Gasteiger partial charge in [0.2, 0.25) is 0 Å². The van der Waals surface area contributed by atoms with Gasteiger partial charge in [-0.25, -0.2) is 0 Å². The van der Waals surface area contributed by atoms with Crippen molar-refractivity contribution in [1.82, 2.24) is 4.90 Å². The first-order valence-corrected chi connectivity index (χ1v) is 5.20.